The second-order valence-electron chi connectivity index (χ2n) is 8.31. The Labute approximate surface area is 191 Å². The van der Waals surface area contributed by atoms with Crippen molar-refractivity contribution in [2.24, 2.45) is 20.0 Å². The number of amides is 1. The maximum Gasteiger partial charge on any atom is 0.328 e. The number of rotatable bonds is 4. The van der Waals surface area contributed by atoms with Crippen molar-refractivity contribution >= 4 is 44.3 Å². The third kappa shape index (κ3) is 3.96. The van der Waals surface area contributed by atoms with Gasteiger partial charge in [-0.3, -0.25) is 13.9 Å². The van der Waals surface area contributed by atoms with Crippen molar-refractivity contribution in [3.63, 3.8) is 0 Å². The number of imidazole rings is 1. The van der Waals surface area contributed by atoms with Gasteiger partial charge >= 0.3 is 5.69 Å². The standard InChI is InChI=1S/C22H25ClN4O4S/c1-14-5-4-10-27(13-14)32(30,31)20-11-15(6-8-17(20)23)21(28)24-16-7-9-18-19(12-16)26(3)22(29)25(18)2/h6-9,11-12,14H,4-5,10,13H2,1-3H3,(H,24,28). The SMILES string of the molecule is CC1CCCN(S(=O)(=O)c2cc(C(=O)Nc3ccc4c(c3)n(C)c(=O)n4C)ccc2Cl)C1. The maximum atomic E-state index is 13.2. The molecule has 0 spiro atoms. The van der Waals surface area contributed by atoms with Crippen LogP contribution >= 0.6 is 11.6 Å². The Morgan fingerprint density at radius 2 is 1.81 bits per heavy atom. The lowest BCUT2D eigenvalue weighted by Crippen LogP contribution is -2.39. The van der Waals surface area contributed by atoms with Gasteiger partial charge in [-0.25, -0.2) is 13.2 Å². The predicted molar refractivity (Wildman–Crippen MR) is 125 cm³/mol. The van der Waals surface area contributed by atoms with Crippen LogP contribution in [0.3, 0.4) is 0 Å². The largest absolute Gasteiger partial charge is 0.328 e. The highest BCUT2D eigenvalue weighted by Gasteiger charge is 2.31. The average molecular weight is 477 g/mol. The zero-order valence-electron chi connectivity index (χ0n) is 18.1. The summed E-state index contributed by atoms with van der Waals surface area (Å²) in [5.74, 6) is -0.196. The Morgan fingerprint density at radius 1 is 1.09 bits per heavy atom. The molecule has 0 radical (unpaired) electrons. The monoisotopic (exact) mass is 476 g/mol. The van der Waals surface area contributed by atoms with E-state index >= 15 is 0 Å². The van der Waals surface area contributed by atoms with Crippen LogP contribution in [0.1, 0.15) is 30.1 Å². The summed E-state index contributed by atoms with van der Waals surface area (Å²) < 4.78 is 30.8. The highest BCUT2D eigenvalue weighted by molar-refractivity contribution is 7.89. The molecule has 0 aliphatic carbocycles. The van der Waals surface area contributed by atoms with Crippen molar-refractivity contribution in [3.8, 4) is 0 Å². The van der Waals surface area contributed by atoms with Gasteiger partial charge in [-0.2, -0.15) is 4.31 Å². The van der Waals surface area contributed by atoms with E-state index in [1.54, 1.807) is 32.3 Å². The fourth-order valence-corrected chi connectivity index (χ4v) is 6.23. The van der Waals surface area contributed by atoms with Gasteiger partial charge in [0, 0.05) is 38.4 Å². The summed E-state index contributed by atoms with van der Waals surface area (Å²) in [4.78, 5) is 24.9. The number of hydrogen-bond acceptors (Lipinski definition) is 4. The maximum absolute atomic E-state index is 13.2. The average Bonchev–Trinajstić information content (AvgIpc) is 2.97. The molecular weight excluding hydrogens is 452 g/mol. The first kappa shape index (κ1) is 22.6. The molecule has 2 aromatic carbocycles. The van der Waals surface area contributed by atoms with E-state index in [1.165, 1.54) is 31.6 Å². The van der Waals surface area contributed by atoms with Gasteiger partial charge in [-0.15, -0.1) is 0 Å². The van der Waals surface area contributed by atoms with Gasteiger partial charge in [0.25, 0.3) is 5.91 Å². The number of sulfonamides is 1. The number of fused-ring (bicyclic) bond motifs is 1. The van der Waals surface area contributed by atoms with E-state index in [-0.39, 0.29) is 27.1 Å². The van der Waals surface area contributed by atoms with Gasteiger partial charge in [0.05, 0.1) is 16.1 Å². The number of carbonyl (C=O) groups is 1. The van der Waals surface area contributed by atoms with Gasteiger partial charge in [-0.1, -0.05) is 18.5 Å². The van der Waals surface area contributed by atoms with Crippen LogP contribution < -0.4 is 11.0 Å². The summed E-state index contributed by atoms with van der Waals surface area (Å²) in [6.45, 7) is 2.90. The molecule has 1 amide bonds. The zero-order chi connectivity index (χ0) is 23.2. The van der Waals surface area contributed by atoms with Gasteiger partial charge in [0.15, 0.2) is 0 Å². The lowest BCUT2D eigenvalue weighted by Gasteiger charge is -2.30. The Kier molecular flexibility index (Phi) is 5.91. The molecule has 170 valence electrons. The molecule has 1 fully saturated rings. The highest BCUT2D eigenvalue weighted by atomic mass is 35.5. The molecule has 1 N–H and O–H groups in total. The fraction of sp³-hybridized carbons (Fsp3) is 0.364. The molecule has 0 bridgehead atoms. The molecule has 10 heteroatoms. The fourth-order valence-electron chi connectivity index (χ4n) is 4.13. The number of benzene rings is 2. The summed E-state index contributed by atoms with van der Waals surface area (Å²) in [6, 6.07) is 9.40. The van der Waals surface area contributed by atoms with Crippen molar-refractivity contribution in [1.29, 1.82) is 0 Å². The minimum Gasteiger partial charge on any atom is -0.322 e. The van der Waals surface area contributed by atoms with Crippen LogP contribution in [0.4, 0.5) is 5.69 Å². The van der Waals surface area contributed by atoms with Crippen LogP contribution in [0.2, 0.25) is 5.02 Å². The molecule has 1 saturated heterocycles. The quantitative estimate of drug-likeness (QED) is 0.625. The lowest BCUT2D eigenvalue weighted by molar-refractivity contribution is 0.102. The van der Waals surface area contributed by atoms with Gasteiger partial charge < -0.3 is 5.32 Å². The lowest BCUT2D eigenvalue weighted by atomic mass is 10.0. The van der Waals surface area contributed by atoms with Crippen LogP contribution in [-0.4, -0.2) is 40.9 Å². The summed E-state index contributed by atoms with van der Waals surface area (Å²) in [5, 5.41) is 2.86. The number of anilines is 1. The van der Waals surface area contributed by atoms with Crippen molar-refractivity contribution in [2.75, 3.05) is 18.4 Å². The number of halogens is 1. The summed E-state index contributed by atoms with van der Waals surface area (Å²) in [5.41, 5.74) is 1.93. The van der Waals surface area contributed by atoms with Crippen molar-refractivity contribution in [2.45, 2.75) is 24.7 Å². The summed E-state index contributed by atoms with van der Waals surface area (Å²) in [7, 11) is -0.467. The Bertz CT molecular complexity index is 1380. The number of carbonyl (C=O) groups excluding carboxylic acids is 1. The minimum absolute atomic E-state index is 0.0678. The Hall–Kier alpha value is -2.62. The van der Waals surface area contributed by atoms with Crippen molar-refractivity contribution < 1.29 is 13.2 Å². The number of nitrogens with zero attached hydrogens (tertiary/aromatic N) is 3. The molecule has 0 saturated carbocycles. The number of nitrogens with one attached hydrogen (secondary N) is 1. The molecule has 4 rings (SSSR count). The number of aromatic nitrogens is 2. The number of piperidine rings is 1. The molecule has 1 atom stereocenters. The van der Waals surface area contributed by atoms with Crippen LogP contribution in [0.5, 0.6) is 0 Å². The molecule has 8 nitrogen and oxygen atoms in total. The normalized spacial score (nSPS) is 17.6. The second-order valence-corrected chi connectivity index (χ2v) is 10.6. The van der Waals surface area contributed by atoms with Gasteiger partial charge in [-0.05, 0) is 55.2 Å². The third-order valence-corrected chi connectivity index (χ3v) is 8.31. The van der Waals surface area contributed by atoms with E-state index in [2.05, 4.69) is 5.32 Å². The van der Waals surface area contributed by atoms with Crippen LogP contribution in [0.15, 0.2) is 46.1 Å². The molecule has 3 aromatic rings. The zero-order valence-corrected chi connectivity index (χ0v) is 19.7. The first-order valence-corrected chi connectivity index (χ1v) is 12.2. The van der Waals surface area contributed by atoms with Crippen LogP contribution in [0.25, 0.3) is 11.0 Å². The first-order chi connectivity index (χ1) is 15.1. The molecule has 1 aliphatic heterocycles. The van der Waals surface area contributed by atoms with E-state index in [0.29, 0.717) is 24.3 Å². The van der Waals surface area contributed by atoms with E-state index < -0.39 is 15.9 Å². The molecule has 1 unspecified atom stereocenters. The van der Waals surface area contributed by atoms with E-state index in [9.17, 15) is 18.0 Å². The summed E-state index contributed by atoms with van der Waals surface area (Å²) in [6.07, 6.45) is 1.78. The minimum atomic E-state index is -3.81. The molecule has 1 aromatic heterocycles. The molecular formula is C22H25ClN4O4S. The molecule has 32 heavy (non-hydrogen) atoms. The van der Waals surface area contributed by atoms with Crippen molar-refractivity contribution in [3.05, 3.63) is 57.5 Å². The van der Waals surface area contributed by atoms with Gasteiger partial charge in [0.1, 0.15) is 4.90 Å². The predicted octanol–water partition coefficient (Wildman–Crippen LogP) is 3.20. The van der Waals surface area contributed by atoms with Crippen LogP contribution in [-0.2, 0) is 24.1 Å². The number of hydrogen-bond donors (Lipinski definition) is 1. The van der Waals surface area contributed by atoms with E-state index in [1.807, 2.05) is 6.92 Å². The summed E-state index contributed by atoms with van der Waals surface area (Å²) >= 11 is 6.23. The first-order valence-electron chi connectivity index (χ1n) is 10.4. The second kappa shape index (κ2) is 8.38. The van der Waals surface area contributed by atoms with Gasteiger partial charge in [0.2, 0.25) is 10.0 Å². The molecule has 2 heterocycles. The van der Waals surface area contributed by atoms with Crippen LogP contribution in [0, 0.1) is 5.92 Å². The topological polar surface area (TPSA) is 93.4 Å². The molecule has 1 aliphatic rings. The van der Waals surface area contributed by atoms with E-state index in [0.717, 1.165) is 18.4 Å². The smallest absolute Gasteiger partial charge is 0.322 e. The third-order valence-electron chi connectivity index (χ3n) is 5.96. The van der Waals surface area contributed by atoms with E-state index in [4.69, 9.17) is 11.6 Å². The van der Waals surface area contributed by atoms with Crippen molar-refractivity contribution in [1.82, 2.24) is 13.4 Å². The Morgan fingerprint density at radius 3 is 2.53 bits per heavy atom. The highest BCUT2D eigenvalue weighted by Crippen LogP contribution is 2.29. The Balaban J connectivity index is 1.63. The number of aryl methyl sites for hydroxylation is 2.